The smallest absolute Gasteiger partial charge is 0.165 e. The quantitative estimate of drug-likeness (QED) is 0.635. The minimum absolute atomic E-state index is 0.108. The number of halogens is 1. The van der Waals surface area contributed by atoms with E-state index in [1.165, 1.54) is 19.6 Å². The number of hydrogen-bond acceptors (Lipinski definition) is 4. The molecule has 1 heterocycles. The zero-order valence-electron chi connectivity index (χ0n) is 11.2. The van der Waals surface area contributed by atoms with Crippen molar-refractivity contribution in [1.82, 2.24) is 5.43 Å². The minimum atomic E-state index is -0.371. The van der Waals surface area contributed by atoms with Gasteiger partial charge in [-0.2, -0.15) is 0 Å². The number of methoxy groups -OCH3 is 1. The molecule has 19 heavy (non-hydrogen) atoms. The van der Waals surface area contributed by atoms with E-state index in [2.05, 4.69) is 5.43 Å². The summed E-state index contributed by atoms with van der Waals surface area (Å²) < 4.78 is 24.3. The van der Waals surface area contributed by atoms with Crippen molar-refractivity contribution in [3.05, 3.63) is 29.6 Å². The highest BCUT2D eigenvalue weighted by atomic mass is 19.1. The summed E-state index contributed by atoms with van der Waals surface area (Å²) in [6, 6.07) is 4.81. The van der Waals surface area contributed by atoms with Crippen molar-refractivity contribution in [2.75, 3.05) is 13.7 Å². The predicted octanol–water partition coefficient (Wildman–Crippen LogP) is 2.30. The largest absolute Gasteiger partial charge is 0.494 e. The van der Waals surface area contributed by atoms with Crippen LogP contribution in [0.1, 0.15) is 37.3 Å². The molecule has 0 bridgehead atoms. The lowest BCUT2D eigenvalue weighted by Gasteiger charge is -2.27. The first kappa shape index (κ1) is 14.2. The molecule has 1 aromatic carbocycles. The van der Waals surface area contributed by atoms with E-state index in [-0.39, 0.29) is 23.7 Å². The number of rotatable bonds is 5. The maximum atomic E-state index is 13.7. The molecule has 3 N–H and O–H groups in total. The highest BCUT2D eigenvalue weighted by molar-refractivity contribution is 5.31. The number of hydrogen-bond donors (Lipinski definition) is 2. The van der Waals surface area contributed by atoms with E-state index in [0.29, 0.717) is 0 Å². The summed E-state index contributed by atoms with van der Waals surface area (Å²) in [5, 5.41) is 0. The average molecular weight is 268 g/mol. The molecule has 1 aromatic rings. The van der Waals surface area contributed by atoms with Gasteiger partial charge in [-0.15, -0.1) is 0 Å². The van der Waals surface area contributed by atoms with Gasteiger partial charge in [0.05, 0.1) is 13.2 Å². The van der Waals surface area contributed by atoms with E-state index >= 15 is 0 Å². The van der Waals surface area contributed by atoms with Gasteiger partial charge in [-0.3, -0.25) is 11.3 Å². The normalized spacial score (nSPS) is 21.1. The summed E-state index contributed by atoms with van der Waals surface area (Å²) in [6.45, 7) is 0.804. The monoisotopic (exact) mass is 268 g/mol. The number of ether oxygens (including phenoxy) is 2. The second-order valence-corrected chi connectivity index (χ2v) is 4.84. The topological polar surface area (TPSA) is 56.5 Å². The van der Waals surface area contributed by atoms with Crippen molar-refractivity contribution in [1.29, 1.82) is 0 Å². The fraction of sp³-hybridized carbons (Fsp3) is 0.571. The molecule has 1 aliphatic heterocycles. The zero-order chi connectivity index (χ0) is 13.7. The first-order chi connectivity index (χ1) is 9.24. The van der Waals surface area contributed by atoms with Crippen molar-refractivity contribution in [2.24, 2.45) is 5.84 Å². The number of nitrogens with one attached hydrogen (secondary N) is 1. The molecular formula is C14H21FN2O2. The molecule has 0 spiro atoms. The van der Waals surface area contributed by atoms with Gasteiger partial charge < -0.3 is 9.47 Å². The second kappa shape index (κ2) is 6.84. The maximum Gasteiger partial charge on any atom is 0.165 e. The molecule has 2 rings (SSSR count). The summed E-state index contributed by atoms with van der Waals surface area (Å²) >= 11 is 0. The van der Waals surface area contributed by atoms with Gasteiger partial charge in [0.25, 0.3) is 0 Å². The predicted molar refractivity (Wildman–Crippen MR) is 71.2 cm³/mol. The highest BCUT2D eigenvalue weighted by Crippen LogP contribution is 2.27. The summed E-state index contributed by atoms with van der Waals surface area (Å²) in [6.07, 6.45) is 4.28. The lowest BCUT2D eigenvalue weighted by molar-refractivity contribution is 0.00500. The molecule has 1 saturated heterocycles. The Hall–Kier alpha value is -1.17. The van der Waals surface area contributed by atoms with Crippen LogP contribution < -0.4 is 16.0 Å². The first-order valence-corrected chi connectivity index (χ1v) is 6.65. The van der Waals surface area contributed by atoms with Gasteiger partial charge in [0.1, 0.15) is 0 Å². The molecule has 2 atom stereocenters. The zero-order valence-corrected chi connectivity index (χ0v) is 11.2. The van der Waals surface area contributed by atoms with E-state index in [9.17, 15) is 4.39 Å². The molecule has 106 valence electrons. The van der Waals surface area contributed by atoms with E-state index in [4.69, 9.17) is 15.3 Å². The molecule has 0 aromatic heterocycles. The van der Waals surface area contributed by atoms with Crippen LogP contribution in [0.2, 0.25) is 0 Å². The molecule has 1 aliphatic rings. The molecule has 1 fully saturated rings. The molecule has 0 saturated carbocycles. The van der Waals surface area contributed by atoms with Crippen LogP contribution in [0.3, 0.4) is 0 Å². The lowest BCUT2D eigenvalue weighted by atomic mass is 9.97. The van der Waals surface area contributed by atoms with Crippen LogP contribution in [0.15, 0.2) is 18.2 Å². The minimum Gasteiger partial charge on any atom is -0.494 e. The molecule has 0 radical (unpaired) electrons. The van der Waals surface area contributed by atoms with Gasteiger partial charge in [0, 0.05) is 12.6 Å². The fourth-order valence-electron chi connectivity index (χ4n) is 2.46. The molecular weight excluding hydrogens is 247 g/mol. The third-order valence-electron chi connectivity index (χ3n) is 3.55. The van der Waals surface area contributed by atoms with Crippen molar-refractivity contribution in [3.8, 4) is 5.75 Å². The SMILES string of the molecule is COc1ccc(C(CC2CCCCO2)NN)cc1F. The summed E-state index contributed by atoms with van der Waals surface area (Å²) in [5.41, 5.74) is 3.56. The third-order valence-corrected chi connectivity index (χ3v) is 3.55. The Labute approximate surface area is 113 Å². The molecule has 0 amide bonds. The Kier molecular flexibility index (Phi) is 5.13. The van der Waals surface area contributed by atoms with Crippen LogP contribution in [-0.2, 0) is 4.74 Å². The third kappa shape index (κ3) is 3.65. The van der Waals surface area contributed by atoms with Crippen LogP contribution in [0.5, 0.6) is 5.75 Å². The van der Waals surface area contributed by atoms with Crippen LogP contribution in [-0.4, -0.2) is 19.8 Å². The molecule has 0 aliphatic carbocycles. The van der Waals surface area contributed by atoms with E-state index in [1.807, 2.05) is 6.07 Å². The van der Waals surface area contributed by atoms with Crippen molar-refractivity contribution >= 4 is 0 Å². The average Bonchev–Trinajstić information content (AvgIpc) is 2.46. The van der Waals surface area contributed by atoms with Crippen molar-refractivity contribution in [2.45, 2.75) is 37.8 Å². The standard InChI is InChI=1S/C14H21FN2O2/c1-18-14-6-5-10(8-12(14)15)13(17-16)9-11-4-2-3-7-19-11/h5-6,8,11,13,17H,2-4,7,9,16H2,1H3. The summed E-state index contributed by atoms with van der Waals surface area (Å²) in [7, 11) is 1.45. The van der Waals surface area contributed by atoms with Gasteiger partial charge in [0.15, 0.2) is 11.6 Å². The van der Waals surface area contributed by atoms with Crippen molar-refractivity contribution < 1.29 is 13.9 Å². The highest BCUT2D eigenvalue weighted by Gasteiger charge is 2.20. The summed E-state index contributed by atoms with van der Waals surface area (Å²) in [4.78, 5) is 0. The second-order valence-electron chi connectivity index (χ2n) is 4.84. The van der Waals surface area contributed by atoms with Gasteiger partial charge in [0.2, 0.25) is 0 Å². The Morgan fingerprint density at radius 3 is 2.95 bits per heavy atom. The number of hydrazine groups is 1. The fourth-order valence-corrected chi connectivity index (χ4v) is 2.46. The van der Waals surface area contributed by atoms with Gasteiger partial charge in [-0.1, -0.05) is 6.07 Å². The van der Waals surface area contributed by atoms with E-state index in [1.54, 1.807) is 6.07 Å². The Morgan fingerprint density at radius 2 is 2.37 bits per heavy atom. The Morgan fingerprint density at radius 1 is 1.53 bits per heavy atom. The van der Waals surface area contributed by atoms with E-state index < -0.39 is 0 Å². The molecule has 5 heteroatoms. The van der Waals surface area contributed by atoms with Crippen LogP contribution in [0.4, 0.5) is 4.39 Å². The number of nitrogens with two attached hydrogens (primary N) is 1. The Balaban J connectivity index is 2.05. The van der Waals surface area contributed by atoms with Crippen LogP contribution in [0, 0.1) is 5.82 Å². The lowest BCUT2D eigenvalue weighted by Crippen LogP contribution is -2.33. The summed E-state index contributed by atoms with van der Waals surface area (Å²) in [5.74, 6) is 5.46. The molecule has 4 nitrogen and oxygen atoms in total. The first-order valence-electron chi connectivity index (χ1n) is 6.65. The maximum absolute atomic E-state index is 13.7. The van der Waals surface area contributed by atoms with Crippen molar-refractivity contribution in [3.63, 3.8) is 0 Å². The van der Waals surface area contributed by atoms with Gasteiger partial charge in [-0.25, -0.2) is 4.39 Å². The van der Waals surface area contributed by atoms with E-state index in [0.717, 1.165) is 31.4 Å². The van der Waals surface area contributed by atoms with Gasteiger partial charge in [-0.05, 0) is 43.4 Å². The molecule has 2 unspecified atom stereocenters. The van der Waals surface area contributed by atoms with Crippen LogP contribution >= 0.6 is 0 Å². The Bertz CT molecular complexity index is 408. The van der Waals surface area contributed by atoms with Gasteiger partial charge >= 0.3 is 0 Å². The number of benzene rings is 1. The van der Waals surface area contributed by atoms with Crippen LogP contribution in [0.25, 0.3) is 0 Å².